The molecule has 7 heteroatoms. The van der Waals surface area contributed by atoms with Gasteiger partial charge in [-0.3, -0.25) is 0 Å². The van der Waals surface area contributed by atoms with Crippen molar-refractivity contribution in [2.75, 3.05) is 18.0 Å². The Bertz CT molecular complexity index is 396. The second-order valence-electron chi connectivity index (χ2n) is 3.88. The number of hydrogen-bond acceptors (Lipinski definition) is 3. The van der Waals surface area contributed by atoms with Crippen molar-refractivity contribution in [1.82, 2.24) is 4.98 Å². The molecule has 0 saturated carbocycles. The number of pyridine rings is 1. The highest BCUT2D eigenvalue weighted by Gasteiger charge is 2.31. The smallest absolute Gasteiger partial charge is 0.347 e. The lowest BCUT2D eigenvalue weighted by Crippen LogP contribution is -2.36. The minimum atomic E-state index is -4.25. The summed E-state index contributed by atoms with van der Waals surface area (Å²) in [4.78, 5) is 5.27. The Morgan fingerprint density at radius 3 is 2.61 bits per heavy atom. The predicted octanol–water partition coefficient (Wildman–Crippen LogP) is 3.08. The van der Waals surface area contributed by atoms with E-state index in [2.05, 4.69) is 20.9 Å². The van der Waals surface area contributed by atoms with E-state index in [4.69, 9.17) is 5.73 Å². The number of halogens is 4. The Balaban J connectivity index is 3.04. The van der Waals surface area contributed by atoms with Gasteiger partial charge in [-0.05, 0) is 28.4 Å². The summed E-state index contributed by atoms with van der Waals surface area (Å²) in [5, 5.41) is 0. The Labute approximate surface area is 112 Å². The van der Waals surface area contributed by atoms with Crippen molar-refractivity contribution in [1.29, 1.82) is 0 Å². The molecule has 0 bridgehead atoms. The van der Waals surface area contributed by atoms with Crippen molar-refractivity contribution in [2.24, 2.45) is 5.73 Å². The molecule has 2 N–H and O–H groups in total. The van der Waals surface area contributed by atoms with E-state index in [0.29, 0.717) is 28.8 Å². The molecule has 0 aliphatic heterocycles. The zero-order chi connectivity index (χ0) is 13.8. The summed E-state index contributed by atoms with van der Waals surface area (Å²) in [6.07, 6.45) is -2.17. The molecule has 0 aliphatic rings. The molecule has 3 nitrogen and oxygen atoms in total. The molecule has 0 atom stereocenters. The minimum absolute atomic E-state index is 0.153. The molecule has 1 rings (SSSR count). The number of rotatable bonds is 5. The Morgan fingerprint density at radius 1 is 1.44 bits per heavy atom. The normalized spacial score (nSPS) is 11.7. The fourth-order valence-corrected chi connectivity index (χ4v) is 2.03. The second kappa shape index (κ2) is 6.38. The number of nitrogens with two attached hydrogens (primary N) is 1. The monoisotopic (exact) mass is 325 g/mol. The lowest BCUT2D eigenvalue weighted by atomic mass is 10.2. The molecule has 0 fully saturated rings. The topological polar surface area (TPSA) is 42.2 Å². The van der Waals surface area contributed by atoms with Gasteiger partial charge in [-0.1, -0.05) is 6.92 Å². The van der Waals surface area contributed by atoms with E-state index in [1.807, 2.05) is 6.92 Å². The molecular formula is C11H15BrF3N3. The average molecular weight is 326 g/mol. The molecule has 0 aromatic carbocycles. The molecule has 0 amide bonds. The van der Waals surface area contributed by atoms with Gasteiger partial charge in [-0.2, -0.15) is 13.2 Å². The van der Waals surface area contributed by atoms with Crippen molar-refractivity contribution in [3.63, 3.8) is 0 Å². The fraction of sp³-hybridized carbons (Fsp3) is 0.545. The van der Waals surface area contributed by atoms with E-state index in [1.165, 1.54) is 11.1 Å². The highest BCUT2D eigenvalue weighted by Crippen LogP contribution is 2.25. The highest BCUT2D eigenvalue weighted by atomic mass is 79.9. The summed E-state index contributed by atoms with van der Waals surface area (Å²) in [5.41, 5.74) is 6.15. The van der Waals surface area contributed by atoms with Crippen LogP contribution >= 0.6 is 15.9 Å². The van der Waals surface area contributed by atoms with Gasteiger partial charge in [0, 0.05) is 29.3 Å². The number of alkyl halides is 3. The molecule has 102 valence electrons. The molecule has 18 heavy (non-hydrogen) atoms. The zero-order valence-electron chi connectivity index (χ0n) is 9.97. The van der Waals surface area contributed by atoms with E-state index < -0.39 is 12.7 Å². The Morgan fingerprint density at radius 2 is 2.11 bits per heavy atom. The van der Waals surface area contributed by atoms with E-state index >= 15 is 0 Å². The molecule has 1 aromatic heterocycles. The third-order valence-corrected chi connectivity index (χ3v) is 2.73. The fourth-order valence-electron chi connectivity index (χ4n) is 1.66. The van der Waals surface area contributed by atoms with E-state index in [9.17, 15) is 13.2 Å². The molecule has 0 unspecified atom stereocenters. The van der Waals surface area contributed by atoms with Crippen LogP contribution in [0.5, 0.6) is 0 Å². The van der Waals surface area contributed by atoms with Crippen molar-refractivity contribution in [3.05, 3.63) is 22.3 Å². The first kappa shape index (κ1) is 15.2. The van der Waals surface area contributed by atoms with Gasteiger partial charge in [0.1, 0.15) is 12.4 Å². The minimum Gasteiger partial charge on any atom is -0.347 e. The van der Waals surface area contributed by atoms with Gasteiger partial charge in [-0.25, -0.2) is 4.98 Å². The molecule has 1 heterocycles. The molecule has 0 aliphatic carbocycles. The summed E-state index contributed by atoms with van der Waals surface area (Å²) in [5.74, 6) is 0.305. The predicted molar refractivity (Wildman–Crippen MR) is 68.4 cm³/mol. The highest BCUT2D eigenvalue weighted by molar-refractivity contribution is 9.10. The lowest BCUT2D eigenvalue weighted by molar-refractivity contribution is -0.119. The first-order valence-corrected chi connectivity index (χ1v) is 6.33. The van der Waals surface area contributed by atoms with Crippen molar-refractivity contribution in [2.45, 2.75) is 26.1 Å². The molecular weight excluding hydrogens is 311 g/mol. The van der Waals surface area contributed by atoms with Crippen LogP contribution in [0.15, 0.2) is 16.7 Å². The van der Waals surface area contributed by atoms with Crippen molar-refractivity contribution >= 4 is 21.7 Å². The Hall–Kier alpha value is -0.820. The van der Waals surface area contributed by atoms with Gasteiger partial charge < -0.3 is 10.6 Å². The van der Waals surface area contributed by atoms with E-state index in [0.717, 1.165) is 0 Å². The van der Waals surface area contributed by atoms with Crippen LogP contribution in [0.3, 0.4) is 0 Å². The summed E-state index contributed by atoms with van der Waals surface area (Å²) < 4.78 is 38.3. The van der Waals surface area contributed by atoms with E-state index in [1.54, 1.807) is 6.07 Å². The number of anilines is 1. The first-order chi connectivity index (χ1) is 8.37. The van der Waals surface area contributed by atoms with Crippen molar-refractivity contribution < 1.29 is 13.2 Å². The van der Waals surface area contributed by atoms with Crippen LogP contribution in [0.4, 0.5) is 19.0 Å². The van der Waals surface area contributed by atoms with Crippen LogP contribution in [0.1, 0.15) is 18.9 Å². The van der Waals surface area contributed by atoms with Crippen LogP contribution in [0.2, 0.25) is 0 Å². The van der Waals surface area contributed by atoms with Crippen LogP contribution in [0.25, 0.3) is 0 Å². The standard InChI is InChI=1S/C11H15BrF3N3/c1-2-3-18(7-11(13,14)15)10-8(5-16)4-9(12)6-17-10/h4,6H,2-3,5,7,16H2,1H3. The summed E-state index contributed by atoms with van der Waals surface area (Å²) in [6.45, 7) is 1.26. The summed E-state index contributed by atoms with van der Waals surface area (Å²) in [6, 6.07) is 1.70. The molecule has 0 spiro atoms. The van der Waals surface area contributed by atoms with Gasteiger partial charge in [0.05, 0.1) is 0 Å². The number of hydrogen-bond donors (Lipinski definition) is 1. The summed E-state index contributed by atoms with van der Waals surface area (Å²) >= 11 is 3.23. The first-order valence-electron chi connectivity index (χ1n) is 5.53. The number of nitrogens with zero attached hydrogens (tertiary/aromatic N) is 2. The van der Waals surface area contributed by atoms with E-state index in [-0.39, 0.29) is 6.54 Å². The average Bonchev–Trinajstić information content (AvgIpc) is 2.26. The maximum Gasteiger partial charge on any atom is 0.405 e. The Kier molecular flexibility index (Phi) is 5.40. The van der Waals surface area contributed by atoms with Gasteiger partial charge in [-0.15, -0.1) is 0 Å². The van der Waals surface area contributed by atoms with Crippen LogP contribution < -0.4 is 10.6 Å². The number of aromatic nitrogens is 1. The van der Waals surface area contributed by atoms with Crippen LogP contribution in [-0.2, 0) is 6.54 Å². The molecule has 1 aromatic rings. The molecule has 0 saturated heterocycles. The van der Waals surface area contributed by atoms with Gasteiger partial charge in [0.15, 0.2) is 0 Å². The third kappa shape index (κ3) is 4.45. The largest absolute Gasteiger partial charge is 0.405 e. The van der Waals surface area contributed by atoms with Crippen molar-refractivity contribution in [3.8, 4) is 0 Å². The maximum atomic E-state index is 12.5. The third-order valence-electron chi connectivity index (χ3n) is 2.29. The maximum absolute atomic E-state index is 12.5. The SMILES string of the molecule is CCCN(CC(F)(F)F)c1ncc(Br)cc1CN. The van der Waals surface area contributed by atoms with Crippen LogP contribution in [-0.4, -0.2) is 24.2 Å². The zero-order valence-corrected chi connectivity index (χ0v) is 11.6. The quantitative estimate of drug-likeness (QED) is 0.904. The molecule has 0 radical (unpaired) electrons. The van der Waals surface area contributed by atoms with Gasteiger partial charge >= 0.3 is 6.18 Å². The van der Waals surface area contributed by atoms with Gasteiger partial charge in [0.2, 0.25) is 0 Å². The second-order valence-corrected chi connectivity index (χ2v) is 4.79. The summed E-state index contributed by atoms with van der Waals surface area (Å²) in [7, 11) is 0. The lowest BCUT2D eigenvalue weighted by Gasteiger charge is -2.26. The van der Waals surface area contributed by atoms with Crippen LogP contribution in [0, 0.1) is 0 Å². The van der Waals surface area contributed by atoms with Gasteiger partial charge in [0.25, 0.3) is 0 Å².